The monoisotopic (exact) mass is 452 g/mol. The average molecular weight is 453 g/mol. The Morgan fingerprint density at radius 2 is 1.68 bits per heavy atom. The first-order valence-corrected chi connectivity index (χ1v) is 11.1. The molecule has 7 nitrogen and oxygen atoms in total. The summed E-state index contributed by atoms with van der Waals surface area (Å²) in [6.07, 6.45) is 1.04. The van der Waals surface area contributed by atoms with Gasteiger partial charge in [0, 0.05) is 18.4 Å². The van der Waals surface area contributed by atoms with Crippen molar-refractivity contribution in [3.63, 3.8) is 0 Å². The van der Waals surface area contributed by atoms with Gasteiger partial charge in [-0.05, 0) is 28.8 Å². The maximum absolute atomic E-state index is 13.5. The topological polar surface area (TPSA) is 80.8 Å². The van der Waals surface area contributed by atoms with E-state index in [9.17, 15) is 4.79 Å². The molecule has 2 heterocycles. The summed E-state index contributed by atoms with van der Waals surface area (Å²) in [7, 11) is 1.50. The van der Waals surface area contributed by atoms with E-state index < -0.39 is 6.04 Å². The van der Waals surface area contributed by atoms with Gasteiger partial charge in [0.2, 0.25) is 5.89 Å². The van der Waals surface area contributed by atoms with Crippen LogP contribution in [-0.4, -0.2) is 40.3 Å². The van der Waals surface area contributed by atoms with Gasteiger partial charge < -0.3 is 14.3 Å². The minimum atomic E-state index is -0.396. The Kier molecular flexibility index (Phi) is 6.16. The van der Waals surface area contributed by atoms with Gasteiger partial charge in [-0.2, -0.15) is 4.98 Å². The highest BCUT2D eigenvalue weighted by Gasteiger charge is 2.38. The van der Waals surface area contributed by atoms with Crippen LogP contribution in [0.2, 0.25) is 0 Å². The third-order valence-corrected chi connectivity index (χ3v) is 5.85. The van der Waals surface area contributed by atoms with Gasteiger partial charge in [-0.15, -0.1) is 0 Å². The maximum atomic E-state index is 13.5. The summed E-state index contributed by atoms with van der Waals surface area (Å²) in [6.45, 7) is 0.341. The van der Waals surface area contributed by atoms with Crippen LogP contribution in [0.4, 0.5) is 0 Å². The molecule has 1 atom stereocenters. The van der Waals surface area contributed by atoms with Crippen LogP contribution in [0.15, 0.2) is 94.6 Å². The van der Waals surface area contributed by atoms with Crippen LogP contribution in [0.25, 0.3) is 11.1 Å². The summed E-state index contributed by atoms with van der Waals surface area (Å²) in [5, 5.41) is 8.23. The predicted octanol–water partition coefficient (Wildman–Crippen LogP) is 4.92. The molecule has 1 aliphatic heterocycles. The molecule has 1 aromatic heterocycles. The quantitative estimate of drug-likeness (QED) is 0.388. The van der Waals surface area contributed by atoms with Gasteiger partial charge in [0.1, 0.15) is 13.2 Å². The fraction of sp³-hybridized carbons (Fsp3) is 0.185. The van der Waals surface area contributed by atoms with E-state index in [-0.39, 0.29) is 5.91 Å². The minimum absolute atomic E-state index is 0.117. The number of amides is 1. The summed E-state index contributed by atoms with van der Waals surface area (Å²) >= 11 is 0. The second-order valence-electron chi connectivity index (χ2n) is 8.15. The van der Waals surface area contributed by atoms with E-state index in [0.29, 0.717) is 36.7 Å². The third kappa shape index (κ3) is 4.59. The zero-order valence-corrected chi connectivity index (χ0v) is 18.8. The van der Waals surface area contributed by atoms with Gasteiger partial charge in [0.05, 0.1) is 12.3 Å². The molecule has 0 radical (unpaired) electrons. The SMILES string of the molecule is CON=C1CC(c2nc(Cc3ccccc3)no2)N(C(=O)c2ccc(-c3ccccc3)cc2)C1. The van der Waals surface area contributed by atoms with Gasteiger partial charge in [0.15, 0.2) is 5.82 Å². The molecule has 1 aliphatic rings. The molecule has 3 aromatic carbocycles. The molecule has 0 spiro atoms. The third-order valence-electron chi connectivity index (χ3n) is 5.85. The van der Waals surface area contributed by atoms with Gasteiger partial charge in [-0.3, -0.25) is 4.79 Å². The van der Waals surface area contributed by atoms with Crippen LogP contribution >= 0.6 is 0 Å². The molecule has 1 amide bonds. The smallest absolute Gasteiger partial charge is 0.254 e. The van der Waals surface area contributed by atoms with E-state index in [1.165, 1.54) is 7.11 Å². The average Bonchev–Trinajstić information content (AvgIpc) is 3.52. The molecule has 4 aromatic rings. The number of hydrogen-bond donors (Lipinski definition) is 0. The number of carbonyl (C=O) groups is 1. The minimum Gasteiger partial charge on any atom is -0.399 e. The van der Waals surface area contributed by atoms with Crippen molar-refractivity contribution in [1.29, 1.82) is 0 Å². The Balaban J connectivity index is 1.38. The van der Waals surface area contributed by atoms with Crippen molar-refractivity contribution in [1.82, 2.24) is 15.0 Å². The highest BCUT2D eigenvalue weighted by Crippen LogP contribution is 2.32. The van der Waals surface area contributed by atoms with Crippen LogP contribution in [0.3, 0.4) is 0 Å². The number of rotatable bonds is 6. The molecular weight excluding hydrogens is 428 g/mol. The van der Waals surface area contributed by atoms with Crippen molar-refractivity contribution in [2.45, 2.75) is 18.9 Å². The summed E-state index contributed by atoms with van der Waals surface area (Å²) in [5.41, 5.74) is 4.59. The second-order valence-corrected chi connectivity index (χ2v) is 8.15. The number of aromatic nitrogens is 2. The number of benzene rings is 3. The van der Waals surface area contributed by atoms with Crippen molar-refractivity contribution >= 4 is 11.6 Å². The van der Waals surface area contributed by atoms with Crippen LogP contribution in [0.1, 0.15) is 40.1 Å². The van der Waals surface area contributed by atoms with Crippen molar-refractivity contribution in [3.8, 4) is 11.1 Å². The van der Waals surface area contributed by atoms with Crippen LogP contribution in [0.5, 0.6) is 0 Å². The highest BCUT2D eigenvalue weighted by molar-refractivity contribution is 6.00. The van der Waals surface area contributed by atoms with Crippen LogP contribution < -0.4 is 0 Å². The molecule has 0 saturated carbocycles. The van der Waals surface area contributed by atoms with E-state index >= 15 is 0 Å². The molecule has 7 heteroatoms. The second kappa shape index (κ2) is 9.70. The van der Waals surface area contributed by atoms with Gasteiger partial charge in [-0.1, -0.05) is 83.1 Å². The largest absolute Gasteiger partial charge is 0.399 e. The molecular formula is C27H24N4O3. The normalized spacial score (nSPS) is 16.7. The van der Waals surface area contributed by atoms with Gasteiger partial charge >= 0.3 is 0 Å². The molecule has 5 rings (SSSR count). The standard InChI is InChI=1S/C27H24N4O3/c1-33-29-23-17-24(26-28-25(30-34-26)16-19-8-4-2-5-9-19)31(18-23)27(32)22-14-12-21(13-15-22)20-10-6-3-7-11-20/h2-15,24H,16-18H2,1H3. The van der Waals surface area contributed by atoms with Gasteiger partial charge in [0.25, 0.3) is 5.91 Å². The van der Waals surface area contributed by atoms with E-state index in [2.05, 4.69) is 15.3 Å². The zero-order valence-electron chi connectivity index (χ0n) is 18.8. The maximum Gasteiger partial charge on any atom is 0.254 e. The highest BCUT2D eigenvalue weighted by atomic mass is 16.6. The number of likely N-dealkylation sites (tertiary alicyclic amines) is 1. The van der Waals surface area contributed by atoms with E-state index in [0.717, 1.165) is 22.4 Å². The molecule has 0 aliphatic carbocycles. The number of nitrogens with zero attached hydrogens (tertiary/aromatic N) is 4. The lowest BCUT2D eigenvalue weighted by molar-refractivity contribution is 0.0713. The lowest BCUT2D eigenvalue weighted by atomic mass is 10.0. The number of oxime groups is 1. The van der Waals surface area contributed by atoms with E-state index in [1.54, 1.807) is 4.90 Å². The lowest BCUT2D eigenvalue weighted by Gasteiger charge is -2.21. The predicted molar refractivity (Wildman–Crippen MR) is 128 cm³/mol. The summed E-state index contributed by atoms with van der Waals surface area (Å²) in [6, 6.07) is 27.2. The Morgan fingerprint density at radius 3 is 2.38 bits per heavy atom. The molecule has 0 bridgehead atoms. The Bertz CT molecular complexity index is 1280. The van der Waals surface area contributed by atoms with Gasteiger partial charge in [-0.25, -0.2) is 0 Å². The summed E-state index contributed by atoms with van der Waals surface area (Å²) in [5.74, 6) is 0.869. The Hall–Kier alpha value is -4.26. The Labute approximate surface area is 197 Å². The number of carbonyl (C=O) groups excluding carboxylic acids is 1. The van der Waals surface area contributed by atoms with Crippen molar-refractivity contribution < 1.29 is 14.2 Å². The number of hydrogen-bond acceptors (Lipinski definition) is 6. The summed E-state index contributed by atoms with van der Waals surface area (Å²) in [4.78, 5) is 24.8. The van der Waals surface area contributed by atoms with Crippen molar-refractivity contribution in [3.05, 3.63) is 108 Å². The first-order chi connectivity index (χ1) is 16.7. The van der Waals surface area contributed by atoms with Crippen LogP contribution in [-0.2, 0) is 11.3 Å². The van der Waals surface area contributed by atoms with Crippen molar-refractivity contribution in [2.24, 2.45) is 5.16 Å². The fourth-order valence-corrected chi connectivity index (χ4v) is 4.19. The van der Waals surface area contributed by atoms with E-state index in [4.69, 9.17) is 9.36 Å². The molecule has 1 saturated heterocycles. The molecule has 1 unspecified atom stereocenters. The lowest BCUT2D eigenvalue weighted by Crippen LogP contribution is -2.31. The fourth-order valence-electron chi connectivity index (χ4n) is 4.19. The van der Waals surface area contributed by atoms with E-state index in [1.807, 2.05) is 84.9 Å². The van der Waals surface area contributed by atoms with Crippen LogP contribution in [0, 0.1) is 0 Å². The molecule has 170 valence electrons. The first kappa shape index (κ1) is 21.6. The molecule has 1 fully saturated rings. The summed E-state index contributed by atoms with van der Waals surface area (Å²) < 4.78 is 5.59. The Morgan fingerprint density at radius 1 is 1.00 bits per heavy atom. The zero-order chi connectivity index (χ0) is 23.3. The molecule has 0 N–H and O–H groups in total. The van der Waals surface area contributed by atoms with Crippen molar-refractivity contribution in [2.75, 3.05) is 13.7 Å². The molecule has 34 heavy (non-hydrogen) atoms. The first-order valence-electron chi connectivity index (χ1n) is 11.1.